The molecule has 3 heteroatoms. The average Bonchev–Trinajstić information content (AvgIpc) is 3.86. The Labute approximate surface area is 351 Å². The van der Waals surface area contributed by atoms with Gasteiger partial charge in [-0.25, -0.2) is 0 Å². The van der Waals surface area contributed by atoms with Gasteiger partial charge < -0.3 is 9.80 Å². The molecule has 0 amide bonds. The summed E-state index contributed by atoms with van der Waals surface area (Å²) >= 11 is 0. The lowest BCUT2D eigenvalue weighted by Gasteiger charge is -2.35. The van der Waals surface area contributed by atoms with Crippen molar-refractivity contribution < 1.29 is 0 Å². The number of rotatable bonds is 6. The number of hydrogen-bond acceptors (Lipinski definition) is 3. The maximum atomic E-state index is 5.18. The zero-order valence-electron chi connectivity index (χ0n) is 33.5. The molecule has 0 aliphatic heterocycles. The van der Waals surface area contributed by atoms with Gasteiger partial charge in [0.2, 0.25) is 0 Å². The van der Waals surface area contributed by atoms with Gasteiger partial charge in [0.25, 0.3) is 0 Å². The Morgan fingerprint density at radius 3 is 1.40 bits per heavy atom. The Hall–Kier alpha value is -7.49. The summed E-state index contributed by atoms with van der Waals surface area (Å²) in [5.41, 5.74) is 21.0. The van der Waals surface area contributed by atoms with Crippen LogP contribution in [-0.4, -0.2) is 4.98 Å². The Morgan fingerprint density at radius 2 is 0.850 bits per heavy atom. The molecular weight excluding hydrogens is 727 g/mol. The number of nitrogens with zero attached hydrogens (tertiary/aromatic N) is 3. The predicted molar refractivity (Wildman–Crippen MR) is 247 cm³/mol. The molecule has 0 N–H and O–H groups in total. The number of benzene rings is 8. The van der Waals surface area contributed by atoms with Gasteiger partial charge in [-0.3, -0.25) is 4.98 Å². The highest BCUT2D eigenvalue weighted by Crippen LogP contribution is 2.69. The topological polar surface area (TPSA) is 19.4 Å². The molecule has 1 heterocycles. The van der Waals surface area contributed by atoms with E-state index in [0.29, 0.717) is 0 Å². The molecule has 0 saturated carbocycles. The van der Waals surface area contributed by atoms with Crippen LogP contribution < -0.4 is 9.80 Å². The van der Waals surface area contributed by atoms with Crippen molar-refractivity contribution in [3.05, 3.63) is 246 Å². The second-order valence-electron chi connectivity index (χ2n) is 16.7. The van der Waals surface area contributed by atoms with Crippen molar-refractivity contribution in [2.24, 2.45) is 0 Å². The number of hydrogen-bond donors (Lipinski definition) is 0. The number of pyridine rings is 1. The fraction of sp³-hybridized carbons (Fsp3) is 0.0702. The Balaban J connectivity index is 1.28. The first-order chi connectivity index (χ1) is 29.6. The second-order valence-corrected chi connectivity index (χ2v) is 16.7. The molecule has 284 valence electrons. The lowest BCUT2D eigenvalue weighted by molar-refractivity contribution is 0.636. The summed E-state index contributed by atoms with van der Waals surface area (Å²) in [5, 5.41) is 0. The highest BCUT2D eigenvalue weighted by atomic mass is 15.2. The van der Waals surface area contributed by atoms with E-state index in [4.69, 9.17) is 4.98 Å². The molecule has 3 aliphatic rings. The molecule has 0 saturated heterocycles. The van der Waals surface area contributed by atoms with Gasteiger partial charge in [-0.2, -0.15) is 0 Å². The zero-order chi connectivity index (χ0) is 40.0. The van der Waals surface area contributed by atoms with Crippen molar-refractivity contribution >= 4 is 34.1 Å². The van der Waals surface area contributed by atoms with E-state index in [9.17, 15) is 0 Å². The molecule has 0 atom stereocenters. The molecule has 8 aromatic carbocycles. The van der Waals surface area contributed by atoms with Crippen LogP contribution in [0.25, 0.3) is 33.4 Å². The van der Waals surface area contributed by atoms with E-state index in [-0.39, 0.29) is 5.41 Å². The van der Waals surface area contributed by atoms with Crippen LogP contribution in [0.15, 0.2) is 212 Å². The molecule has 60 heavy (non-hydrogen) atoms. The van der Waals surface area contributed by atoms with E-state index in [1.165, 1.54) is 61.2 Å². The van der Waals surface area contributed by atoms with Gasteiger partial charge in [0.05, 0.1) is 16.8 Å². The summed E-state index contributed by atoms with van der Waals surface area (Å²) in [4.78, 5) is 10.1. The van der Waals surface area contributed by atoms with Crippen molar-refractivity contribution in [3.63, 3.8) is 0 Å². The number of anilines is 6. The van der Waals surface area contributed by atoms with E-state index >= 15 is 0 Å². The maximum absolute atomic E-state index is 5.18. The fourth-order valence-electron chi connectivity index (χ4n) is 10.8. The first kappa shape index (κ1) is 34.5. The molecular formula is C57H41N3. The van der Waals surface area contributed by atoms with Crippen molar-refractivity contribution in [2.75, 3.05) is 9.80 Å². The van der Waals surface area contributed by atoms with Crippen LogP contribution in [0.1, 0.15) is 47.4 Å². The number of aromatic nitrogens is 1. The zero-order valence-corrected chi connectivity index (χ0v) is 33.5. The van der Waals surface area contributed by atoms with Gasteiger partial charge in [0, 0.05) is 51.2 Å². The third-order valence-electron chi connectivity index (χ3n) is 13.2. The molecule has 0 bridgehead atoms. The highest BCUT2D eigenvalue weighted by molar-refractivity contribution is 6.07. The average molecular weight is 768 g/mol. The SMILES string of the molecule is CC1(C)c2cc(N(c3ccccc3)c3ccccc3)c3c(c2-c2cccnc21)C1(c2ccccc2-c2ccccc21)c1cc(N(c2ccccc2)c2ccccc2)ccc1-3. The summed E-state index contributed by atoms with van der Waals surface area (Å²) < 4.78 is 0. The summed E-state index contributed by atoms with van der Waals surface area (Å²) in [6.45, 7) is 4.72. The van der Waals surface area contributed by atoms with E-state index < -0.39 is 5.41 Å². The molecule has 3 nitrogen and oxygen atoms in total. The van der Waals surface area contributed by atoms with Crippen molar-refractivity contribution in [2.45, 2.75) is 24.7 Å². The molecule has 0 radical (unpaired) electrons. The quantitative estimate of drug-likeness (QED) is 0.168. The van der Waals surface area contributed by atoms with Crippen LogP contribution in [-0.2, 0) is 10.8 Å². The van der Waals surface area contributed by atoms with Crippen LogP contribution in [0.5, 0.6) is 0 Å². The third kappa shape index (κ3) is 4.69. The Kier molecular flexibility index (Phi) is 7.49. The van der Waals surface area contributed by atoms with Gasteiger partial charge in [-0.15, -0.1) is 0 Å². The molecule has 1 spiro atoms. The minimum atomic E-state index is -0.639. The van der Waals surface area contributed by atoms with Crippen LogP contribution in [0.4, 0.5) is 34.1 Å². The molecule has 0 unspecified atom stereocenters. The van der Waals surface area contributed by atoms with Crippen LogP contribution in [0.3, 0.4) is 0 Å². The third-order valence-corrected chi connectivity index (χ3v) is 13.2. The van der Waals surface area contributed by atoms with E-state index in [1.807, 2.05) is 6.20 Å². The van der Waals surface area contributed by atoms with Gasteiger partial charge in [-0.05, 0) is 123 Å². The van der Waals surface area contributed by atoms with E-state index in [2.05, 4.69) is 230 Å². The van der Waals surface area contributed by atoms with Crippen LogP contribution >= 0.6 is 0 Å². The standard InChI is InChI=1S/C57H41N3/c1-56(2)50-37-51(60(40-24-11-5-12-25-40)41-26-13-6-14-27-41)53-45-34-33-42(59(38-20-7-3-8-21-38)39-22-9-4-10-23-39)36-49(45)57(54(53)52(50)46-30-19-35-58-55(46)56)47-31-17-15-28-43(47)44-29-16-18-32-48(44)57/h3-37H,1-2H3. The Morgan fingerprint density at radius 1 is 0.367 bits per heavy atom. The first-order valence-electron chi connectivity index (χ1n) is 20.9. The molecule has 9 aromatic rings. The number of fused-ring (bicyclic) bond motifs is 14. The smallest absolute Gasteiger partial charge is 0.0733 e. The maximum Gasteiger partial charge on any atom is 0.0733 e. The molecule has 12 rings (SSSR count). The van der Waals surface area contributed by atoms with Gasteiger partial charge in [0.1, 0.15) is 0 Å². The largest absolute Gasteiger partial charge is 0.310 e. The van der Waals surface area contributed by atoms with Gasteiger partial charge in [0.15, 0.2) is 0 Å². The highest BCUT2D eigenvalue weighted by Gasteiger charge is 2.56. The number of para-hydroxylation sites is 4. The normalized spacial score (nSPS) is 14.1. The molecule has 0 fully saturated rings. The summed E-state index contributed by atoms with van der Waals surface area (Å²) in [5.74, 6) is 0. The fourth-order valence-corrected chi connectivity index (χ4v) is 10.8. The minimum absolute atomic E-state index is 0.356. The van der Waals surface area contributed by atoms with Crippen molar-refractivity contribution in [1.82, 2.24) is 4.98 Å². The van der Waals surface area contributed by atoms with Crippen molar-refractivity contribution in [3.8, 4) is 33.4 Å². The summed E-state index contributed by atoms with van der Waals surface area (Å²) in [7, 11) is 0. The van der Waals surface area contributed by atoms with E-state index in [1.54, 1.807) is 0 Å². The predicted octanol–water partition coefficient (Wildman–Crippen LogP) is 14.7. The van der Waals surface area contributed by atoms with Crippen molar-refractivity contribution in [1.29, 1.82) is 0 Å². The lowest BCUT2D eigenvalue weighted by atomic mass is 9.68. The monoisotopic (exact) mass is 767 g/mol. The van der Waals surface area contributed by atoms with Crippen LogP contribution in [0, 0.1) is 0 Å². The van der Waals surface area contributed by atoms with Crippen LogP contribution in [0.2, 0.25) is 0 Å². The second kappa shape index (κ2) is 13.0. The van der Waals surface area contributed by atoms with E-state index in [0.717, 1.165) is 39.8 Å². The molecule has 3 aliphatic carbocycles. The first-order valence-corrected chi connectivity index (χ1v) is 20.9. The van der Waals surface area contributed by atoms with Gasteiger partial charge in [-0.1, -0.05) is 147 Å². The minimum Gasteiger partial charge on any atom is -0.310 e. The summed E-state index contributed by atoms with van der Waals surface area (Å²) in [6.07, 6.45) is 1.96. The lowest BCUT2D eigenvalue weighted by Crippen LogP contribution is -2.28. The molecule has 1 aromatic heterocycles. The summed E-state index contributed by atoms with van der Waals surface area (Å²) in [6, 6.07) is 75.8. The Bertz CT molecular complexity index is 2990. The van der Waals surface area contributed by atoms with Gasteiger partial charge >= 0.3 is 0 Å².